The first kappa shape index (κ1) is 16.3. The molecule has 2 aliphatic heterocycles. The van der Waals surface area contributed by atoms with Crippen LogP contribution in [0.5, 0.6) is 0 Å². The Morgan fingerprint density at radius 1 is 1.28 bits per heavy atom. The molecule has 4 rings (SSSR count). The summed E-state index contributed by atoms with van der Waals surface area (Å²) in [5.74, 6) is 1.18. The van der Waals surface area contributed by atoms with Crippen LogP contribution in [0.15, 0.2) is 18.5 Å². The topological polar surface area (TPSA) is 75.9 Å². The molecule has 0 bridgehead atoms. The van der Waals surface area contributed by atoms with Gasteiger partial charge >= 0.3 is 0 Å². The molecule has 2 aliphatic rings. The van der Waals surface area contributed by atoms with Gasteiger partial charge in [0.05, 0.1) is 12.0 Å². The quantitative estimate of drug-likeness (QED) is 0.826. The second-order valence-electron chi connectivity index (χ2n) is 6.70. The fraction of sp³-hybridized carbons (Fsp3) is 0.647. The van der Waals surface area contributed by atoms with Gasteiger partial charge in [0.15, 0.2) is 5.65 Å². The highest BCUT2D eigenvalue weighted by atomic mass is 16.5. The van der Waals surface area contributed by atoms with Crippen LogP contribution in [0.1, 0.15) is 26.2 Å². The van der Waals surface area contributed by atoms with Crippen LogP contribution in [-0.4, -0.2) is 69.5 Å². The number of aromatic nitrogens is 4. The van der Waals surface area contributed by atoms with E-state index < -0.39 is 0 Å². The summed E-state index contributed by atoms with van der Waals surface area (Å²) in [5.41, 5.74) is 0.737. The Balaban J connectivity index is 1.39. The Morgan fingerprint density at radius 3 is 2.92 bits per heavy atom. The lowest BCUT2D eigenvalue weighted by atomic mass is 9.91. The largest absolute Gasteiger partial charge is 0.377 e. The van der Waals surface area contributed by atoms with Gasteiger partial charge < -0.3 is 14.5 Å². The van der Waals surface area contributed by atoms with Crippen molar-refractivity contribution in [3.63, 3.8) is 0 Å². The monoisotopic (exact) mass is 344 g/mol. The standard InChI is InChI=1S/C17H24N6O2/c1-2-14-13(4-3-11-25-14)17(24)22-9-7-21(8-10-22)16-6-5-15-19-18-12-23(15)20-16/h5-6,12-14H,2-4,7-11H2,1H3/t13-,14-/m1/s1. The first-order valence-electron chi connectivity index (χ1n) is 9.08. The number of carbonyl (C=O) groups excluding carboxylic acids is 1. The molecule has 0 aliphatic carbocycles. The molecule has 0 aromatic carbocycles. The Kier molecular flexibility index (Phi) is 4.52. The van der Waals surface area contributed by atoms with Crippen molar-refractivity contribution < 1.29 is 9.53 Å². The normalized spacial score (nSPS) is 24.7. The molecule has 8 nitrogen and oxygen atoms in total. The van der Waals surface area contributed by atoms with Gasteiger partial charge in [-0.15, -0.1) is 15.3 Å². The number of amides is 1. The lowest BCUT2D eigenvalue weighted by molar-refractivity contribution is -0.145. The number of piperazine rings is 1. The van der Waals surface area contributed by atoms with Crippen LogP contribution < -0.4 is 4.90 Å². The van der Waals surface area contributed by atoms with Crippen molar-refractivity contribution in [3.05, 3.63) is 18.5 Å². The van der Waals surface area contributed by atoms with E-state index in [1.807, 2.05) is 17.0 Å². The summed E-state index contributed by atoms with van der Waals surface area (Å²) < 4.78 is 7.47. The van der Waals surface area contributed by atoms with Crippen molar-refractivity contribution >= 4 is 17.4 Å². The van der Waals surface area contributed by atoms with Gasteiger partial charge in [0.2, 0.25) is 5.91 Å². The fourth-order valence-electron chi connectivity index (χ4n) is 3.80. The summed E-state index contributed by atoms with van der Waals surface area (Å²) >= 11 is 0. The number of nitrogens with zero attached hydrogens (tertiary/aromatic N) is 6. The van der Waals surface area contributed by atoms with E-state index in [9.17, 15) is 4.79 Å². The predicted molar refractivity (Wildman–Crippen MR) is 92.3 cm³/mol. The average Bonchev–Trinajstić information content (AvgIpc) is 3.15. The smallest absolute Gasteiger partial charge is 0.228 e. The maximum absolute atomic E-state index is 12.9. The second kappa shape index (κ2) is 6.95. The lowest BCUT2D eigenvalue weighted by Crippen LogP contribution is -2.52. The summed E-state index contributed by atoms with van der Waals surface area (Å²) in [6.07, 6.45) is 4.52. The van der Waals surface area contributed by atoms with E-state index in [1.54, 1.807) is 10.8 Å². The van der Waals surface area contributed by atoms with E-state index in [-0.39, 0.29) is 17.9 Å². The Labute approximate surface area is 146 Å². The van der Waals surface area contributed by atoms with E-state index in [0.29, 0.717) is 0 Å². The summed E-state index contributed by atoms with van der Waals surface area (Å²) in [6.45, 7) is 5.92. The first-order chi connectivity index (χ1) is 12.3. The molecule has 2 saturated heterocycles. The van der Waals surface area contributed by atoms with E-state index in [1.165, 1.54) is 0 Å². The minimum Gasteiger partial charge on any atom is -0.377 e. The van der Waals surface area contributed by atoms with Gasteiger partial charge in [0.1, 0.15) is 12.1 Å². The Hall–Kier alpha value is -2.22. The summed E-state index contributed by atoms with van der Waals surface area (Å²) in [4.78, 5) is 17.1. The molecule has 2 aromatic rings. The summed E-state index contributed by atoms with van der Waals surface area (Å²) in [7, 11) is 0. The third-order valence-corrected chi connectivity index (χ3v) is 5.22. The van der Waals surface area contributed by atoms with Crippen LogP contribution in [0.2, 0.25) is 0 Å². The highest BCUT2D eigenvalue weighted by Crippen LogP contribution is 2.26. The molecule has 0 spiro atoms. The SMILES string of the molecule is CC[C@H]1OCCC[C@H]1C(=O)N1CCN(c2ccc3nncn3n2)CC1. The van der Waals surface area contributed by atoms with Gasteiger partial charge in [-0.1, -0.05) is 6.92 Å². The molecule has 4 heterocycles. The molecule has 2 atom stereocenters. The maximum atomic E-state index is 12.9. The van der Waals surface area contributed by atoms with Crippen molar-refractivity contribution in [1.82, 2.24) is 24.7 Å². The van der Waals surface area contributed by atoms with Crippen molar-refractivity contribution in [1.29, 1.82) is 0 Å². The van der Waals surface area contributed by atoms with Gasteiger partial charge in [-0.3, -0.25) is 4.79 Å². The molecule has 0 saturated carbocycles. The van der Waals surface area contributed by atoms with Crippen LogP contribution in [0.3, 0.4) is 0 Å². The third kappa shape index (κ3) is 3.18. The molecule has 0 unspecified atom stereocenters. The Bertz CT molecular complexity index is 740. The second-order valence-corrected chi connectivity index (χ2v) is 6.70. The van der Waals surface area contributed by atoms with E-state index in [0.717, 1.165) is 63.5 Å². The first-order valence-corrected chi connectivity index (χ1v) is 9.08. The fourth-order valence-corrected chi connectivity index (χ4v) is 3.80. The van der Waals surface area contributed by atoms with E-state index in [2.05, 4.69) is 27.1 Å². The number of carbonyl (C=O) groups is 1. The highest BCUT2D eigenvalue weighted by Gasteiger charge is 2.34. The van der Waals surface area contributed by atoms with Crippen molar-refractivity contribution in [2.45, 2.75) is 32.3 Å². The lowest BCUT2D eigenvalue weighted by Gasteiger charge is -2.39. The zero-order valence-electron chi connectivity index (χ0n) is 14.5. The van der Waals surface area contributed by atoms with Gasteiger partial charge in [-0.2, -0.15) is 4.52 Å². The van der Waals surface area contributed by atoms with Crippen LogP contribution >= 0.6 is 0 Å². The van der Waals surface area contributed by atoms with Gasteiger partial charge in [-0.05, 0) is 31.4 Å². The molecule has 25 heavy (non-hydrogen) atoms. The van der Waals surface area contributed by atoms with Gasteiger partial charge in [0.25, 0.3) is 0 Å². The number of hydrogen-bond donors (Lipinski definition) is 0. The third-order valence-electron chi connectivity index (χ3n) is 5.22. The number of hydrogen-bond acceptors (Lipinski definition) is 6. The molecular formula is C17H24N6O2. The minimum absolute atomic E-state index is 0.0248. The van der Waals surface area contributed by atoms with Crippen molar-refractivity contribution in [2.75, 3.05) is 37.7 Å². The van der Waals surface area contributed by atoms with E-state index in [4.69, 9.17) is 4.74 Å². The maximum Gasteiger partial charge on any atom is 0.228 e. The molecule has 1 amide bonds. The average molecular weight is 344 g/mol. The number of ether oxygens (including phenoxy) is 1. The van der Waals surface area contributed by atoms with Gasteiger partial charge in [-0.25, -0.2) is 0 Å². The predicted octanol–water partition coefficient (Wildman–Crippen LogP) is 0.978. The number of rotatable bonds is 3. The van der Waals surface area contributed by atoms with E-state index >= 15 is 0 Å². The zero-order chi connectivity index (χ0) is 17.2. The van der Waals surface area contributed by atoms with Crippen LogP contribution in [-0.2, 0) is 9.53 Å². The van der Waals surface area contributed by atoms with Crippen molar-refractivity contribution in [3.8, 4) is 0 Å². The number of fused-ring (bicyclic) bond motifs is 1. The van der Waals surface area contributed by atoms with Crippen LogP contribution in [0, 0.1) is 5.92 Å². The minimum atomic E-state index is 0.0248. The molecule has 2 aromatic heterocycles. The van der Waals surface area contributed by atoms with Crippen molar-refractivity contribution in [2.24, 2.45) is 5.92 Å². The molecule has 0 radical (unpaired) electrons. The molecular weight excluding hydrogens is 320 g/mol. The zero-order valence-corrected chi connectivity index (χ0v) is 14.5. The summed E-state index contributed by atoms with van der Waals surface area (Å²) in [5, 5.41) is 12.4. The van der Waals surface area contributed by atoms with Crippen LogP contribution in [0.4, 0.5) is 5.82 Å². The molecule has 0 N–H and O–H groups in total. The van der Waals surface area contributed by atoms with Crippen LogP contribution in [0.25, 0.3) is 5.65 Å². The molecule has 134 valence electrons. The molecule has 8 heteroatoms. The molecule has 2 fully saturated rings. The number of anilines is 1. The van der Waals surface area contributed by atoms with Gasteiger partial charge in [0, 0.05) is 32.8 Å². The highest BCUT2D eigenvalue weighted by molar-refractivity contribution is 5.79. The Morgan fingerprint density at radius 2 is 2.12 bits per heavy atom. The summed E-state index contributed by atoms with van der Waals surface area (Å²) in [6, 6.07) is 3.88.